The normalized spacial score (nSPS) is 9.95. The Morgan fingerprint density at radius 2 is 1.76 bits per heavy atom. The minimum Gasteiger partial charge on any atom is -0.376 e. The quantitative estimate of drug-likeness (QED) is 0.852. The third-order valence-electron chi connectivity index (χ3n) is 3.03. The van der Waals surface area contributed by atoms with E-state index in [1.54, 1.807) is 29.2 Å². The van der Waals surface area contributed by atoms with Gasteiger partial charge in [-0.1, -0.05) is 18.2 Å². The molecule has 0 aliphatic rings. The molecule has 2 rings (SSSR count). The zero-order valence-corrected chi connectivity index (χ0v) is 12.6. The Morgan fingerprint density at radius 1 is 1.14 bits per heavy atom. The first kappa shape index (κ1) is 15.0. The number of benzene rings is 2. The Bertz CT molecular complexity index is 626. The van der Waals surface area contributed by atoms with Crippen molar-refractivity contribution in [2.45, 2.75) is 6.92 Å². The minimum absolute atomic E-state index is 0.0365. The maximum atomic E-state index is 12.6. The molecule has 0 heterocycles. The van der Waals surface area contributed by atoms with Gasteiger partial charge < -0.3 is 16.0 Å². The Labute approximate surface area is 129 Å². The fraction of sp³-hybridized carbons (Fsp3) is 0.125. The van der Waals surface area contributed by atoms with Crippen LogP contribution in [0.4, 0.5) is 11.4 Å². The number of para-hydroxylation sites is 1. The van der Waals surface area contributed by atoms with Crippen LogP contribution in [0, 0.1) is 0 Å². The number of rotatable bonds is 4. The molecule has 0 aliphatic carbocycles. The maximum absolute atomic E-state index is 12.6. The lowest BCUT2D eigenvalue weighted by atomic mass is 10.1. The molecule has 0 saturated carbocycles. The van der Waals surface area contributed by atoms with E-state index >= 15 is 0 Å². The van der Waals surface area contributed by atoms with Crippen molar-refractivity contribution in [2.24, 2.45) is 5.73 Å². The SMILES string of the molecule is CCN(C(=O)c1ccc(NC(N)=S)cc1)c1ccccc1. The number of thiocarbonyl (C=S) groups is 1. The van der Waals surface area contributed by atoms with Crippen LogP contribution < -0.4 is 16.0 Å². The molecule has 0 unspecified atom stereocenters. The summed E-state index contributed by atoms with van der Waals surface area (Å²) in [6, 6.07) is 16.7. The topological polar surface area (TPSA) is 58.4 Å². The van der Waals surface area contributed by atoms with Gasteiger partial charge in [-0.25, -0.2) is 0 Å². The van der Waals surface area contributed by atoms with Gasteiger partial charge in [0.1, 0.15) is 0 Å². The fourth-order valence-corrected chi connectivity index (χ4v) is 2.16. The third kappa shape index (κ3) is 3.79. The van der Waals surface area contributed by atoms with Crippen LogP contribution >= 0.6 is 12.2 Å². The number of carbonyl (C=O) groups excluding carboxylic acids is 1. The molecule has 2 aromatic carbocycles. The van der Waals surface area contributed by atoms with E-state index in [0.717, 1.165) is 11.4 Å². The summed E-state index contributed by atoms with van der Waals surface area (Å²) in [6.45, 7) is 2.56. The number of carbonyl (C=O) groups is 1. The van der Waals surface area contributed by atoms with Crippen molar-refractivity contribution in [1.29, 1.82) is 0 Å². The lowest BCUT2D eigenvalue weighted by Gasteiger charge is -2.21. The molecule has 0 spiro atoms. The first-order valence-corrected chi connectivity index (χ1v) is 7.06. The van der Waals surface area contributed by atoms with Crippen molar-refractivity contribution in [3.05, 3.63) is 60.2 Å². The Morgan fingerprint density at radius 3 is 2.29 bits per heavy atom. The molecule has 0 saturated heterocycles. The van der Waals surface area contributed by atoms with Crippen LogP contribution in [0.5, 0.6) is 0 Å². The second-order valence-corrected chi connectivity index (χ2v) is 4.89. The van der Waals surface area contributed by atoms with E-state index in [0.29, 0.717) is 12.1 Å². The number of amides is 1. The molecule has 0 radical (unpaired) electrons. The van der Waals surface area contributed by atoms with Gasteiger partial charge in [0, 0.05) is 23.5 Å². The van der Waals surface area contributed by atoms with Gasteiger partial charge in [0.25, 0.3) is 5.91 Å². The number of nitrogens with zero attached hydrogens (tertiary/aromatic N) is 1. The number of nitrogens with two attached hydrogens (primary N) is 1. The smallest absolute Gasteiger partial charge is 0.258 e. The van der Waals surface area contributed by atoms with E-state index in [4.69, 9.17) is 18.0 Å². The van der Waals surface area contributed by atoms with Gasteiger partial charge in [-0.15, -0.1) is 0 Å². The van der Waals surface area contributed by atoms with Crippen molar-refractivity contribution in [1.82, 2.24) is 0 Å². The molecule has 1 amide bonds. The van der Waals surface area contributed by atoms with E-state index in [9.17, 15) is 4.79 Å². The van der Waals surface area contributed by atoms with Crippen molar-refractivity contribution in [3.8, 4) is 0 Å². The standard InChI is InChI=1S/C16H17N3OS/c1-2-19(14-6-4-3-5-7-14)15(20)12-8-10-13(11-9-12)18-16(17)21/h3-11H,2H2,1H3,(H3,17,18,21). The molecule has 3 N–H and O–H groups in total. The fourth-order valence-electron chi connectivity index (χ4n) is 2.05. The summed E-state index contributed by atoms with van der Waals surface area (Å²) >= 11 is 4.78. The van der Waals surface area contributed by atoms with Crippen LogP contribution in [0.25, 0.3) is 0 Å². The molecule has 4 nitrogen and oxygen atoms in total. The number of hydrogen-bond acceptors (Lipinski definition) is 2. The van der Waals surface area contributed by atoms with Crippen LogP contribution in [0.2, 0.25) is 0 Å². The molecule has 0 atom stereocenters. The summed E-state index contributed by atoms with van der Waals surface area (Å²) in [4.78, 5) is 14.3. The summed E-state index contributed by atoms with van der Waals surface area (Å²) in [5.74, 6) is -0.0365. The molecule has 108 valence electrons. The van der Waals surface area contributed by atoms with Gasteiger partial charge in [-0.3, -0.25) is 4.79 Å². The van der Waals surface area contributed by atoms with Crippen LogP contribution in [0.3, 0.4) is 0 Å². The minimum atomic E-state index is -0.0365. The van der Waals surface area contributed by atoms with Crippen LogP contribution in [-0.4, -0.2) is 17.6 Å². The van der Waals surface area contributed by atoms with E-state index in [1.807, 2.05) is 37.3 Å². The molecule has 0 fully saturated rings. The summed E-state index contributed by atoms with van der Waals surface area (Å²) in [5, 5.41) is 3.03. The van der Waals surface area contributed by atoms with Crippen molar-refractivity contribution < 1.29 is 4.79 Å². The summed E-state index contributed by atoms with van der Waals surface area (Å²) < 4.78 is 0. The second kappa shape index (κ2) is 6.85. The second-order valence-electron chi connectivity index (χ2n) is 4.45. The lowest BCUT2D eigenvalue weighted by molar-refractivity contribution is 0.0988. The molecule has 2 aromatic rings. The van der Waals surface area contributed by atoms with Crippen molar-refractivity contribution >= 4 is 34.6 Å². The highest BCUT2D eigenvalue weighted by Crippen LogP contribution is 2.18. The van der Waals surface area contributed by atoms with Crippen molar-refractivity contribution in [2.75, 3.05) is 16.8 Å². The zero-order valence-electron chi connectivity index (χ0n) is 11.7. The summed E-state index contributed by atoms with van der Waals surface area (Å²) in [6.07, 6.45) is 0. The van der Waals surface area contributed by atoms with E-state index in [2.05, 4.69) is 5.32 Å². The molecule has 5 heteroatoms. The Hall–Kier alpha value is -2.40. The van der Waals surface area contributed by atoms with E-state index in [1.165, 1.54) is 0 Å². The van der Waals surface area contributed by atoms with E-state index < -0.39 is 0 Å². The summed E-state index contributed by atoms with van der Waals surface area (Å²) in [7, 11) is 0. The molecular weight excluding hydrogens is 282 g/mol. The average Bonchev–Trinajstić information content (AvgIpc) is 2.49. The van der Waals surface area contributed by atoms with Gasteiger partial charge in [-0.2, -0.15) is 0 Å². The van der Waals surface area contributed by atoms with Crippen LogP contribution in [-0.2, 0) is 0 Å². The lowest BCUT2D eigenvalue weighted by Crippen LogP contribution is -2.30. The maximum Gasteiger partial charge on any atom is 0.258 e. The average molecular weight is 299 g/mol. The molecule has 0 bridgehead atoms. The highest BCUT2D eigenvalue weighted by atomic mass is 32.1. The van der Waals surface area contributed by atoms with Crippen LogP contribution in [0.15, 0.2) is 54.6 Å². The first-order chi connectivity index (χ1) is 10.1. The molecule has 0 aliphatic heterocycles. The highest BCUT2D eigenvalue weighted by Gasteiger charge is 2.15. The van der Waals surface area contributed by atoms with Gasteiger partial charge in [0.2, 0.25) is 0 Å². The largest absolute Gasteiger partial charge is 0.376 e. The zero-order chi connectivity index (χ0) is 15.2. The number of anilines is 2. The van der Waals surface area contributed by atoms with E-state index in [-0.39, 0.29) is 11.0 Å². The van der Waals surface area contributed by atoms with Gasteiger partial charge in [0.15, 0.2) is 5.11 Å². The predicted octanol–water partition coefficient (Wildman–Crippen LogP) is 3.01. The third-order valence-corrected chi connectivity index (χ3v) is 3.13. The first-order valence-electron chi connectivity index (χ1n) is 6.65. The molecular formula is C16H17N3OS. The number of hydrogen-bond donors (Lipinski definition) is 2. The highest BCUT2D eigenvalue weighted by molar-refractivity contribution is 7.80. The monoisotopic (exact) mass is 299 g/mol. The van der Waals surface area contributed by atoms with Crippen LogP contribution in [0.1, 0.15) is 17.3 Å². The molecule has 0 aromatic heterocycles. The van der Waals surface area contributed by atoms with Gasteiger partial charge in [0.05, 0.1) is 0 Å². The molecule has 21 heavy (non-hydrogen) atoms. The Balaban J connectivity index is 2.20. The Kier molecular flexibility index (Phi) is 4.90. The van der Waals surface area contributed by atoms with Gasteiger partial charge >= 0.3 is 0 Å². The van der Waals surface area contributed by atoms with Gasteiger partial charge in [-0.05, 0) is 55.5 Å². The predicted molar refractivity (Wildman–Crippen MR) is 90.6 cm³/mol. The van der Waals surface area contributed by atoms with Crippen molar-refractivity contribution in [3.63, 3.8) is 0 Å². The summed E-state index contributed by atoms with van der Waals surface area (Å²) in [5.41, 5.74) is 7.68. The number of nitrogens with one attached hydrogen (secondary N) is 1.